The van der Waals surface area contributed by atoms with Crippen LogP contribution < -0.4 is 20.4 Å². The van der Waals surface area contributed by atoms with E-state index in [1.807, 2.05) is 0 Å². The number of carbonyl (C=O) groups is 2. The first-order chi connectivity index (χ1) is 23.0. The van der Waals surface area contributed by atoms with Crippen LogP contribution >= 0.6 is 86.5 Å². The summed E-state index contributed by atoms with van der Waals surface area (Å²) in [5, 5.41) is 49.7. The molecular weight excluding hydrogens is 917 g/mol. The van der Waals surface area contributed by atoms with Gasteiger partial charge < -0.3 is 10.6 Å². The van der Waals surface area contributed by atoms with Gasteiger partial charge in [0.25, 0.3) is 22.7 Å². The molecule has 0 saturated heterocycles. The summed E-state index contributed by atoms with van der Waals surface area (Å²) in [6.45, 7) is 2.25. The van der Waals surface area contributed by atoms with Gasteiger partial charge in [0.1, 0.15) is 11.4 Å². The van der Waals surface area contributed by atoms with Crippen LogP contribution in [0.15, 0.2) is 36.4 Å². The van der Waals surface area contributed by atoms with Gasteiger partial charge in [-0.2, -0.15) is 0 Å². The van der Waals surface area contributed by atoms with Crippen molar-refractivity contribution in [2.45, 2.75) is 32.8 Å². The summed E-state index contributed by atoms with van der Waals surface area (Å²) >= 11 is 29.8. The molecular formula is C22H20Br2Cl4N8O13P+. The molecule has 0 aromatic heterocycles. The monoisotopic (exact) mass is 933 g/mol. The minimum Gasteiger partial charge on any atom is -0.305 e. The van der Waals surface area contributed by atoms with Crippen molar-refractivity contribution in [3.8, 4) is 0 Å². The van der Waals surface area contributed by atoms with Crippen LogP contribution in [-0.2, 0) is 13.6 Å². The average molecular weight is 937 g/mol. The second-order valence-corrected chi connectivity index (χ2v) is 17.0. The molecule has 0 aliphatic heterocycles. The highest BCUT2D eigenvalue weighted by Crippen LogP contribution is 2.43. The number of alkyl halides is 6. The second-order valence-electron chi connectivity index (χ2n) is 9.04. The van der Waals surface area contributed by atoms with E-state index in [1.165, 1.54) is 13.8 Å². The van der Waals surface area contributed by atoms with Gasteiger partial charge >= 0.3 is 20.3 Å². The van der Waals surface area contributed by atoms with E-state index in [2.05, 4.69) is 42.5 Å². The Balaban J connectivity index is 2.34. The van der Waals surface area contributed by atoms with Crippen molar-refractivity contribution in [3.05, 3.63) is 76.9 Å². The molecule has 2 aromatic carbocycles. The Morgan fingerprint density at radius 3 is 1.30 bits per heavy atom. The van der Waals surface area contributed by atoms with Crippen molar-refractivity contribution in [1.82, 2.24) is 10.6 Å². The maximum Gasteiger partial charge on any atom is 0.702 e. The number of benzene rings is 2. The molecule has 0 radical (unpaired) electrons. The van der Waals surface area contributed by atoms with Crippen LogP contribution in [0.3, 0.4) is 0 Å². The zero-order valence-corrected chi connectivity index (χ0v) is 31.8. The van der Waals surface area contributed by atoms with Crippen LogP contribution in [0.1, 0.15) is 13.8 Å². The molecule has 2 N–H and O–H groups in total. The Labute approximate surface area is 317 Å². The summed E-state index contributed by atoms with van der Waals surface area (Å²) in [6, 6.07) is 2.57. The molecule has 2 unspecified atom stereocenters. The van der Waals surface area contributed by atoms with Crippen LogP contribution in [0.2, 0.25) is 0 Å². The van der Waals surface area contributed by atoms with E-state index in [1.54, 1.807) is 0 Å². The fraction of sp³-hybridized carbons (Fsp3) is 0.364. The smallest absolute Gasteiger partial charge is 0.305 e. The Kier molecular flexibility index (Phi) is 15.2. The summed E-state index contributed by atoms with van der Waals surface area (Å²) in [5.41, 5.74) is -3.69. The number of nitro groups is 4. The Morgan fingerprint density at radius 1 is 0.740 bits per heavy atom. The highest BCUT2D eigenvalue weighted by Gasteiger charge is 2.48. The van der Waals surface area contributed by atoms with E-state index in [0.29, 0.717) is 12.1 Å². The summed E-state index contributed by atoms with van der Waals surface area (Å²) < 4.78 is 18.7. The maximum absolute atomic E-state index is 13.2. The minimum atomic E-state index is -3.54. The Hall–Kier alpha value is -3.28. The number of non-ortho nitro benzene ring substituents is 2. The van der Waals surface area contributed by atoms with Crippen LogP contribution in [0, 0.1) is 40.5 Å². The molecule has 272 valence electrons. The SMILES string of the molecule is CCN(C(=O)NC(O[P+](=O)OC(NC(=O)N(CC)c1ccc([N+](=O)[O-])cc1[N+](=O)[O-])C(Cl)(Cl)Br)C(Cl)(Cl)Br)c1ccc([N+](=O)[O-])cc1[N+](=O)[O-]. The topological polar surface area (TPSA) is 273 Å². The Morgan fingerprint density at radius 2 is 1.06 bits per heavy atom. The number of anilines is 2. The molecule has 4 amide bonds. The fourth-order valence-electron chi connectivity index (χ4n) is 3.76. The zero-order chi connectivity index (χ0) is 38.3. The van der Waals surface area contributed by atoms with Crippen LogP contribution in [-0.4, -0.2) is 63.8 Å². The van der Waals surface area contributed by atoms with Crippen LogP contribution in [0.4, 0.5) is 43.7 Å². The number of hydrogen-bond acceptors (Lipinski definition) is 13. The lowest BCUT2D eigenvalue weighted by Crippen LogP contribution is -2.51. The first-order valence-electron chi connectivity index (χ1n) is 13.0. The number of carbonyl (C=O) groups excluding carboxylic acids is 2. The molecule has 0 spiro atoms. The lowest BCUT2D eigenvalue weighted by Gasteiger charge is -2.27. The van der Waals surface area contributed by atoms with E-state index >= 15 is 0 Å². The number of halogens is 6. The van der Waals surface area contributed by atoms with Gasteiger partial charge in [0.05, 0.1) is 31.8 Å². The number of nitrogens with one attached hydrogen (secondary N) is 2. The number of nitro benzene ring substituents is 4. The molecule has 0 fully saturated rings. The molecule has 0 bridgehead atoms. The molecule has 2 atom stereocenters. The third-order valence-corrected chi connectivity index (χ3v) is 8.31. The molecule has 21 nitrogen and oxygen atoms in total. The highest BCUT2D eigenvalue weighted by molar-refractivity contribution is 9.11. The molecule has 50 heavy (non-hydrogen) atoms. The average Bonchev–Trinajstić information content (AvgIpc) is 3.00. The van der Waals surface area contributed by atoms with Crippen molar-refractivity contribution in [2.75, 3.05) is 22.9 Å². The molecule has 0 aliphatic carbocycles. The lowest BCUT2D eigenvalue weighted by atomic mass is 10.2. The lowest BCUT2D eigenvalue weighted by molar-refractivity contribution is -0.394. The van der Waals surface area contributed by atoms with Crippen molar-refractivity contribution in [2.24, 2.45) is 0 Å². The van der Waals surface area contributed by atoms with Crippen molar-refractivity contribution in [1.29, 1.82) is 0 Å². The van der Waals surface area contributed by atoms with Gasteiger partial charge in [0.15, 0.2) is 0 Å². The highest BCUT2D eigenvalue weighted by atomic mass is 79.9. The van der Waals surface area contributed by atoms with Crippen molar-refractivity contribution in [3.63, 3.8) is 0 Å². The van der Waals surface area contributed by atoms with Gasteiger partial charge in [0, 0.05) is 29.8 Å². The third-order valence-electron chi connectivity index (χ3n) is 5.92. The summed E-state index contributed by atoms with van der Waals surface area (Å²) in [5.74, 6) is 0. The first-order valence-corrected chi connectivity index (χ1v) is 17.2. The van der Waals surface area contributed by atoms with Crippen molar-refractivity contribution < 1.29 is 42.9 Å². The Bertz CT molecular complexity index is 1580. The molecule has 2 aromatic rings. The molecule has 28 heteroatoms. The summed E-state index contributed by atoms with van der Waals surface area (Å²) in [4.78, 5) is 69.7. The quantitative estimate of drug-likeness (QED) is 0.0543. The number of rotatable bonds is 16. The van der Waals surface area contributed by atoms with Gasteiger partial charge in [-0.1, -0.05) is 55.5 Å². The molecule has 0 heterocycles. The molecule has 0 aliphatic rings. The van der Waals surface area contributed by atoms with Crippen molar-refractivity contribution >= 4 is 133 Å². The van der Waals surface area contributed by atoms with Gasteiger partial charge in [-0.15, -0.1) is 0 Å². The van der Waals surface area contributed by atoms with E-state index in [9.17, 15) is 54.6 Å². The fourth-order valence-corrected chi connectivity index (χ4v) is 5.92. The van der Waals surface area contributed by atoms with E-state index in [0.717, 1.165) is 34.1 Å². The van der Waals surface area contributed by atoms with E-state index in [-0.39, 0.29) is 13.1 Å². The second kappa shape index (κ2) is 17.8. The standard InChI is InChI=1S/C22H19Br2Cl4N8O13P/c1-3-31(13-7-5-11(33(39)40)9-15(13)35(43)44)19(37)29-17(21(23,25)26)48-50(47)49-18(22(24,27)28)30-20(38)32(4-2)14-8-6-12(34(41)42)10-16(14)36(45)46/h5-10,17-18H,3-4H2,1-2H3,(H-,29,30,37,38)/p+1. The summed E-state index contributed by atoms with van der Waals surface area (Å²) in [6.07, 6.45) is -4.04. The largest absolute Gasteiger partial charge is 0.702 e. The number of urea groups is 2. The van der Waals surface area contributed by atoms with E-state index in [4.69, 9.17) is 55.5 Å². The molecule has 2 rings (SSSR count). The third kappa shape index (κ3) is 11.4. The van der Waals surface area contributed by atoms with Gasteiger partial charge in [-0.25, -0.2) is 9.59 Å². The van der Waals surface area contributed by atoms with Crippen LogP contribution in [0.5, 0.6) is 0 Å². The van der Waals surface area contributed by atoms with Gasteiger partial charge in [0.2, 0.25) is 18.9 Å². The maximum atomic E-state index is 13.2. The first kappa shape index (κ1) is 42.9. The normalized spacial score (nSPS) is 13.0. The summed E-state index contributed by atoms with van der Waals surface area (Å²) in [7, 11) is -3.54. The number of nitrogens with zero attached hydrogens (tertiary/aromatic N) is 6. The van der Waals surface area contributed by atoms with E-state index < -0.39 is 93.1 Å². The minimum absolute atomic E-state index is 0.265. The van der Waals surface area contributed by atoms with Gasteiger partial charge in [-0.05, 0) is 57.8 Å². The number of amides is 4. The van der Waals surface area contributed by atoms with Gasteiger partial charge in [-0.3, -0.25) is 50.3 Å². The predicted molar refractivity (Wildman–Crippen MR) is 187 cm³/mol. The predicted octanol–water partition coefficient (Wildman–Crippen LogP) is 7.49. The molecule has 0 saturated carbocycles. The zero-order valence-electron chi connectivity index (χ0n) is 24.7. The number of hydrogen-bond donors (Lipinski definition) is 2. The van der Waals surface area contributed by atoms with Crippen LogP contribution in [0.25, 0.3) is 0 Å².